The van der Waals surface area contributed by atoms with Gasteiger partial charge in [-0.3, -0.25) is 0 Å². The molecule has 1 aliphatic heterocycles. The molecule has 2 heterocycles. The van der Waals surface area contributed by atoms with Gasteiger partial charge in [-0.25, -0.2) is 4.98 Å². The fraction of sp³-hybridized carbons (Fsp3) is 0.600. The maximum absolute atomic E-state index is 5.52. The Morgan fingerprint density at radius 1 is 0.962 bits per heavy atom. The van der Waals surface area contributed by atoms with Crippen molar-refractivity contribution < 1.29 is 9.47 Å². The van der Waals surface area contributed by atoms with Gasteiger partial charge in [0.15, 0.2) is 11.5 Å². The third-order valence-corrected chi connectivity index (χ3v) is 4.84. The second-order valence-electron chi connectivity index (χ2n) is 6.75. The van der Waals surface area contributed by atoms with Crippen LogP contribution in [0.2, 0.25) is 0 Å². The number of hydrogen-bond donors (Lipinski definition) is 0. The monoisotopic (exact) mass is 358 g/mol. The second-order valence-corrected chi connectivity index (χ2v) is 6.75. The topological polar surface area (TPSA) is 50.7 Å². The van der Waals surface area contributed by atoms with E-state index in [1.807, 2.05) is 12.1 Å². The lowest BCUT2D eigenvalue weighted by molar-refractivity contribution is 0.356. The molecule has 0 bridgehead atoms. The molecule has 1 aliphatic rings. The lowest BCUT2D eigenvalue weighted by Crippen LogP contribution is -2.28. The summed E-state index contributed by atoms with van der Waals surface area (Å²) in [5, 5.41) is 1.02. The highest BCUT2D eigenvalue weighted by molar-refractivity contribution is 5.93. The molecule has 142 valence electrons. The van der Waals surface area contributed by atoms with Crippen LogP contribution >= 0.6 is 0 Å². The highest BCUT2D eigenvalue weighted by atomic mass is 16.5. The predicted octanol–water partition coefficient (Wildman–Crippen LogP) is 3.87. The molecular formula is C20H30N4O2. The van der Waals surface area contributed by atoms with Crippen molar-refractivity contribution in [2.24, 2.45) is 0 Å². The number of anilines is 2. The first kappa shape index (κ1) is 18.5. The molecule has 0 spiro atoms. The Labute approximate surface area is 156 Å². The fourth-order valence-corrected chi connectivity index (χ4v) is 3.59. The van der Waals surface area contributed by atoms with Crippen molar-refractivity contribution in [3.63, 3.8) is 0 Å². The summed E-state index contributed by atoms with van der Waals surface area (Å²) in [4.78, 5) is 14.5. The summed E-state index contributed by atoms with van der Waals surface area (Å²) in [5.41, 5.74) is 0.909. The van der Waals surface area contributed by atoms with Crippen LogP contribution in [-0.2, 0) is 0 Å². The Morgan fingerprint density at radius 3 is 2.15 bits per heavy atom. The van der Waals surface area contributed by atoms with Gasteiger partial charge in [0.25, 0.3) is 0 Å². The molecule has 1 fully saturated rings. The first-order valence-electron chi connectivity index (χ1n) is 9.65. The van der Waals surface area contributed by atoms with Gasteiger partial charge in [0.2, 0.25) is 5.95 Å². The molecule has 3 rings (SSSR count). The lowest BCUT2D eigenvalue weighted by Gasteiger charge is -2.26. The van der Waals surface area contributed by atoms with Crippen molar-refractivity contribution in [3.8, 4) is 11.5 Å². The van der Waals surface area contributed by atoms with Crippen molar-refractivity contribution >= 4 is 22.7 Å². The molecule has 26 heavy (non-hydrogen) atoms. The molecule has 2 aromatic rings. The molecule has 1 aromatic carbocycles. The number of ether oxygens (including phenoxy) is 2. The predicted molar refractivity (Wildman–Crippen MR) is 107 cm³/mol. The van der Waals surface area contributed by atoms with Crippen LogP contribution in [0.15, 0.2) is 12.1 Å². The van der Waals surface area contributed by atoms with Gasteiger partial charge in [-0.2, -0.15) is 4.98 Å². The maximum atomic E-state index is 5.52. The Kier molecular flexibility index (Phi) is 6.01. The molecule has 0 atom stereocenters. The standard InChI is InChI=1S/C20H30N4O2/c1-5-9-23(10-6-2)19-15-13-17(25-3)18(26-4)14-16(15)21-20(22-19)24-11-7-8-12-24/h13-14H,5-12H2,1-4H3. The van der Waals surface area contributed by atoms with Crippen molar-refractivity contribution in [2.45, 2.75) is 39.5 Å². The van der Waals surface area contributed by atoms with Gasteiger partial charge in [-0.05, 0) is 31.7 Å². The Balaban J connectivity index is 2.19. The van der Waals surface area contributed by atoms with Crippen LogP contribution in [0.25, 0.3) is 10.9 Å². The molecule has 0 saturated carbocycles. The van der Waals surface area contributed by atoms with E-state index in [4.69, 9.17) is 19.4 Å². The molecule has 0 amide bonds. The average Bonchev–Trinajstić information content (AvgIpc) is 3.20. The molecule has 1 saturated heterocycles. The van der Waals surface area contributed by atoms with Gasteiger partial charge in [-0.1, -0.05) is 13.8 Å². The number of fused-ring (bicyclic) bond motifs is 1. The zero-order valence-corrected chi connectivity index (χ0v) is 16.4. The first-order chi connectivity index (χ1) is 12.7. The van der Waals surface area contributed by atoms with Crippen LogP contribution in [0.3, 0.4) is 0 Å². The van der Waals surface area contributed by atoms with Crippen molar-refractivity contribution in [1.29, 1.82) is 0 Å². The summed E-state index contributed by atoms with van der Waals surface area (Å²) in [6.07, 6.45) is 4.57. The minimum atomic E-state index is 0.703. The molecule has 6 heteroatoms. The van der Waals surface area contributed by atoms with Crippen molar-refractivity contribution in [2.75, 3.05) is 50.2 Å². The minimum absolute atomic E-state index is 0.703. The molecule has 0 unspecified atom stereocenters. The smallest absolute Gasteiger partial charge is 0.227 e. The van der Waals surface area contributed by atoms with Crippen LogP contribution < -0.4 is 19.3 Å². The maximum Gasteiger partial charge on any atom is 0.227 e. The summed E-state index contributed by atoms with van der Waals surface area (Å²) < 4.78 is 11.0. The molecule has 0 radical (unpaired) electrons. The van der Waals surface area contributed by atoms with E-state index in [1.54, 1.807) is 14.2 Å². The number of methoxy groups -OCH3 is 2. The van der Waals surface area contributed by atoms with E-state index in [0.29, 0.717) is 11.5 Å². The summed E-state index contributed by atoms with van der Waals surface area (Å²) in [6, 6.07) is 3.98. The largest absolute Gasteiger partial charge is 0.493 e. The van der Waals surface area contributed by atoms with Crippen molar-refractivity contribution in [3.05, 3.63) is 12.1 Å². The Hall–Kier alpha value is -2.24. The van der Waals surface area contributed by atoms with E-state index in [9.17, 15) is 0 Å². The van der Waals surface area contributed by atoms with Gasteiger partial charge < -0.3 is 19.3 Å². The summed E-state index contributed by atoms with van der Waals surface area (Å²) in [5.74, 6) is 3.25. The number of hydrogen-bond acceptors (Lipinski definition) is 6. The fourth-order valence-electron chi connectivity index (χ4n) is 3.59. The zero-order chi connectivity index (χ0) is 18.5. The number of benzene rings is 1. The third kappa shape index (κ3) is 3.64. The van der Waals surface area contributed by atoms with E-state index in [2.05, 4.69) is 23.6 Å². The molecule has 0 N–H and O–H groups in total. The summed E-state index contributed by atoms with van der Waals surface area (Å²) in [7, 11) is 3.33. The highest BCUT2D eigenvalue weighted by Crippen LogP contribution is 2.36. The number of rotatable bonds is 8. The van der Waals surface area contributed by atoms with E-state index >= 15 is 0 Å². The normalized spacial score (nSPS) is 14.1. The Morgan fingerprint density at radius 2 is 1.58 bits per heavy atom. The van der Waals surface area contributed by atoms with Crippen LogP contribution in [0, 0.1) is 0 Å². The van der Waals surface area contributed by atoms with Gasteiger partial charge in [-0.15, -0.1) is 0 Å². The zero-order valence-electron chi connectivity index (χ0n) is 16.4. The second kappa shape index (κ2) is 8.43. The molecule has 1 aromatic heterocycles. The minimum Gasteiger partial charge on any atom is -0.493 e. The molecule has 6 nitrogen and oxygen atoms in total. The van der Waals surface area contributed by atoms with Crippen LogP contribution in [0.1, 0.15) is 39.5 Å². The van der Waals surface area contributed by atoms with Crippen LogP contribution in [0.4, 0.5) is 11.8 Å². The highest BCUT2D eigenvalue weighted by Gasteiger charge is 2.21. The first-order valence-corrected chi connectivity index (χ1v) is 9.65. The average molecular weight is 358 g/mol. The van der Waals surface area contributed by atoms with E-state index in [-0.39, 0.29) is 0 Å². The van der Waals surface area contributed by atoms with E-state index in [1.165, 1.54) is 12.8 Å². The summed E-state index contributed by atoms with van der Waals surface area (Å²) >= 11 is 0. The van der Waals surface area contributed by atoms with Gasteiger partial charge in [0, 0.05) is 37.6 Å². The Bertz CT molecular complexity index is 738. The van der Waals surface area contributed by atoms with Gasteiger partial charge in [0.05, 0.1) is 19.7 Å². The van der Waals surface area contributed by atoms with E-state index < -0.39 is 0 Å². The molecule has 0 aliphatic carbocycles. The van der Waals surface area contributed by atoms with Crippen LogP contribution in [0.5, 0.6) is 11.5 Å². The number of nitrogens with zero attached hydrogens (tertiary/aromatic N) is 4. The van der Waals surface area contributed by atoms with E-state index in [0.717, 1.165) is 61.7 Å². The van der Waals surface area contributed by atoms with Crippen molar-refractivity contribution in [1.82, 2.24) is 9.97 Å². The third-order valence-electron chi connectivity index (χ3n) is 4.84. The molecular weight excluding hydrogens is 328 g/mol. The lowest BCUT2D eigenvalue weighted by atomic mass is 10.2. The number of aromatic nitrogens is 2. The van der Waals surface area contributed by atoms with Gasteiger partial charge in [0.1, 0.15) is 5.82 Å². The SMILES string of the molecule is CCCN(CCC)c1nc(N2CCCC2)nc2cc(OC)c(OC)cc12. The van der Waals surface area contributed by atoms with Crippen LogP contribution in [-0.4, -0.2) is 50.4 Å². The quantitative estimate of drug-likeness (QED) is 0.714. The summed E-state index contributed by atoms with van der Waals surface area (Å²) in [6.45, 7) is 8.43. The van der Waals surface area contributed by atoms with Gasteiger partial charge >= 0.3 is 0 Å².